The summed E-state index contributed by atoms with van der Waals surface area (Å²) in [7, 11) is 0. The standard InChI is InChI=1S/C12H24N2O3S/c1-5-7-14(9(2)3)12(17)13-10(11(15)16)6-8-18-4/h9-10H,5-8H2,1-4H3,(H,13,17)(H,15,16)/t10-/m1/s1. The predicted octanol–water partition coefficient (Wildman–Crippen LogP) is 2.02. The predicted molar refractivity (Wildman–Crippen MR) is 75.1 cm³/mol. The molecule has 0 rings (SSSR count). The number of carboxylic acids is 1. The molecule has 2 amide bonds. The van der Waals surface area contributed by atoms with E-state index in [2.05, 4.69) is 5.32 Å². The van der Waals surface area contributed by atoms with Gasteiger partial charge in [-0.05, 0) is 38.7 Å². The first kappa shape index (κ1) is 17.1. The van der Waals surface area contributed by atoms with Gasteiger partial charge in [0.2, 0.25) is 0 Å². The third-order valence-corrected chi connectivity index (χ3v) is 3.20. The Morgan fingerprint density at radius 3 is 2.39 bits per heavy atom. The molecule has 0 aliphatic carbocycles. The normalized spacial score (nSPS) is 12.3. The number of urea groups is 1. The Balaban J connectivity index is 4.50. The van der Waals surface area contributed by atoms with Gasteiger partial charge in [0.05, 0.1) is 0 Å². The summed E-state index contributed by atoms with van der Waals surface area (Å²) in [4.78, 5) is 24.7. The van der Waals surface area contributed by atoms with Crippen molar-refractivity contribution < 1.29 is 14.7 Å². The van der Waals surface area contributed by atoms with Crippen LogP contribution < -0.4 is 5.32 Å². The number of hydrogen-bond donors (Lipinski definition) is 2. The third kappa shape index (κ3) is 6.14. The molecule has 0 heterocycles. The molecule has 0 saturated heterocycles. The number of hydrogen-bond acceptors (Lipinski definition) is 3. The minimum atomic E-state index is -0.974. The van der Waals surface area contributed by atoms with Gasteiger partial charge in [-0.15, -0.1) is 0 Å². The third-order valence-electron chi connectivity index (χ3n) is 2.56. The van der Waals surface area contributed by atoms with Crippen molar-refractivity contribution in [3.63, 3.8) is 0 Å². The van der Waals surface area contributed by atoms with Crippen LogP contribution in [0, 0.1) is 0 Å². The molecule has 5 nitrogen and oxygen atoms in total. The van der Waals surface area contributed by atoms with Crippen molar-refractivity contribution in [1.82, 2.24) is 10.2 Å². The Hall–Kier alpha value is -0.910. The van der Waals surface area contributed by atoms with Crippen LogP contribution in [0.5, 0.6) is 0 Å². The van der Waals surface area contributed by atoms with Crippen molar-refractivity contribution in [3.05, 3.63) is 0 Å². The molecule has 0 fully saturated rings. The smallest absolute Gasteiger partial charge is 0.326 e. The summed E-state index contributed by atoms with van der Waals surface area (Å²) < 4.78 is 0. The molecular weight excluding hydrogens is 252 g/mol. The molecule has 0 aromatic heterocycles. The number of nitrogens with zero attached hydrogens (tertiary/aromatic N) is 1. The van der Waals surface area contributed by atoms with Gasteiger partial charge in [0.15, 0.2) is 0 Å². The minimum absolute atomic E-state index is 0.0694. The fourth-order valence-electron chi connectivity index (χ4n) is 1.56. The summed E-state index contributed by atoms with van der Waals surface area (Å²) in [6.45, 7) is 6.48. The van der Waals surface area contributed by atoms with E-state index in [1.165, 1.54) is 0 Å². The number of rotatable bonds is 8. The summed E-state index contributed by atoms with van der Waals surface area (Å²) in [5, 5.41) is 11.6. The highest BCUT2D eigenvalue weighted by Gasteiger charge is 2.23. The summed E-state index contributed by atoms with van der Waals surface area (Å²) >= 11 is 1.57. The second-order valence-electron chi connectivity index (χ2n) is 4.41. The molecule has 1 atom stereocenters. The van der Waals surface area contributed by atoms with Crippen molar-refractivity contribution >= 4 is 23.8 Å². The molecule has 0 aromatic carbocycles. The number of carboxylic acid groups (broad SMARTS) is 1. The maximum absolute atomic E-state index is 12.0. The zero-order valence-corrected chi connectivity index (χ0v) is 12.4. The maximum Gasteiger partial charge on any atom is 0.326 e. The van der Waals surface area contributed by atoms with Crippen molar-refractivity contribution in [3.8, 4) is 0 Å². The lowest BCUT2D eigenvalue weighted by atomic mass is 10.2. The van der Waals surface area contributed by atoms with Crippen LogP contribution in [0.2, 0.25) is 0 Å². The van der Waals surface area contributed by atoms with Crippen LogP contribution in [0.15, 0.2) is 0 Å². The highest BCUT2D eigenvalue weighted by atomic mass is 32.2. The van der Waals surface area contributed by atoms with E-state index in [0.717, 1.165) is 6.42 Å². The van der Waals surface area contributed by atoms with Crippen molar-refractivity contribution in [1.29, 1.82) is 0 Å². The van der Waals surface area contributed by atoms with Gasteiger partial charge in [-0.1, -0.05) is 6.92 Å². The first-order valence-corrected chi connectivity index (χ1v) is 7.62. The van der Waals surface area contributed by atoms with Gasteiger partial charge in [-0.3, -0.25) is 0 Å². The number of aliphatic carboxylic acids is 1. The summed E-state index contributed by atoms with van der Waals surface area (Å²) in [5.41, 5.74) is 0. The van der Waals surface area contributed by atoms with Crippen molar-refractivity contribution in [2.75, 3.05) is 18.6 Å². The number of carbonyl (C=O) groups excluding carboxylic acids is 1. The van der Waals surface area contributed by atoms with Gasteiger partial charge >= 0.3 is 12.0 Å². The topological polar surface area (TPSA) is 69.6 Å². The fourth-order valence-corrected chi connectivity index (χ4v) is 2.03. The minimum Gasteiger partial charge on any atom is -0.480 e. The van der Waals surface area contributed by atoms with Crippen molar-refractivity contribution in [2.24, 2.45) is 0 Å². The van der Waals surface area contributed by atoms with Crippen LogP contribution in [0.25, 0.3) is 0 Å². The zero-order chi connectivity index (χ0) is 14.1. The van der Waals surface area contributed by atoms with Crippen LogP contribution in [-0.2, 0) is 4.79 Å². The van der Waals surface area contributed by atoms with Gasteiger partial charge in [0.1, 0.15) is 6.04 Å². The number of nitrogens with one attached hydrogen (secondary N) is 1. The van der Waals surface area contributed by atoms with Crippen LogP contribution in [-0.4, -0.2) is 52.6 Å². The van der Waals surface area contributed by atoms with Gasteiger partial charge in [0.25, 0.3) is 0 Å². The first-order chi connectivity index (χ1) is 8.43. The molecule has 0 saturated carbocycles. The Labute approximate surface area is 113 Å². The molecule has 18 heavy (non-hydrogen) atoms. The van der Waals surface area contributed by atoms with Crippen LogP contribution in [0.4, 0.5) is 4.79 Å². The van der Waals surface area contributed by atoms with Gasteiger partial charge in [-0.25, -0.2) is 9.59 Å². The molecular formula is C12H24N2O3S. The quantitative estimate of drug-likeness (QED) is 0.711. The van der Waals surface area contributed by atoms with Crippen molar-refractivity contribution in [2.45, 2.75) is 45.7 Å². The summed E-state index contributed by atoms with van der Waals surface area (Å²) in [5.74, 6) is -0.259. The average Bonchev–Trinajstić information content (AvgIpc) is 2.30. The highest BCUT2D eigenvalue weighted by Crippen LogP contribution is 2.05. The van der Waals surface area contributed by atoms with Gasteiger partial charge < -0.3 is 15.3 Å². The monoisotopic (exact) mass is 276 g/mol. The Morgan fingerprint density at radius 2 is 2.00 bits per heavy atom. The lowest BCUT2D eigenvalue weighted by molar-refractivity contribution is -0.139. The number of carbonyl (C=O) groups is 2. The Kier molecular flexibility index (Phi) is 8.62. The lowest BCUT2D eigenvalue weighted by Crippen LogP contribution is -2.50. The zero-order valence-electron chi connectivity index (χ0n) is 11.6. The second kappa shape index (κ2) is 9.08. The molecule has 0 radical (unpaired) electrons. The van der Waals surface area contributed by atoms with Crippen LogP contribution in [0.1, 0.15) is 33.6 Å². The molecule has 0 unspecified atom stereocenters. The number of amides is 2. The Bertz CT molecular complexity index is 272. The van der Waals surface area contributed by atoms with Crippen LogP contribution in [0.3, 0.4) is 0 Å². The average molecular weight is 276 g/mol. The highest BCUT2D eigenvalue weighted by molar-refractivity contribution is 7.98. The van der Waals surface area contributed by atoms with E-state index in [-0.39, 0.29) is 12.1 Å². The van der Waals surface area contributed by atoms with Gasteiger partial charge in [-0.2, -0.15) is 11.8 Å². The molecule has 0 bridgehead atoms. The van der Waals surface area contributed by atoms with E-state index < -0.39 is 12.0 Å². The molecule has 0 aromatic rings. The molecule has 106 valence electrons. The molecule has 0 aliphatic heterocycles. The van der Waals surface area contributed by atoms with E-state index in [1.807, 2.05) is 27.0 Å². The van der Waals surface area contributed by atoms with E-state index >= 15 is 0 Å². The lowest BCUT2D eigenvalue weighted by Gasteiger charge is -2.28. The largest absolute Gasteiger partial charge is 0.480 e. The van der Waals surface area contributed by atoms with E-state index in [0.29, 0.717) is 18.7 Å². The Morgan fingerprint density at radius 1 is 1.39 bits per heavy atom. The van der Waals surface area contributed by atoms with Gasteiger partial charge in [0, 0.05) is 12.6 Å². The molecule has 2 N–H and O–H groups in total. The summed E-state index contributed by atoms with van der Waals surface area (Å²) in [6, 6.07) is -1.02. The SMILES string of the molecule is CCCN(C(=O)N[C@H](CCSC)C(=O)O)C(C)C. The van der Waals surface area contributed by atoms with E-state index in [9.17, 15) is 9.59 Å². The van der Waals surface area contributed by atoms with E-state index in [4.69, 9.17) is 5.11 Å². The van der Waals surface area contributed by atoms with E-state index in [1.54, 1.807) is 16.7 Å². The maximum atomic E-state index is 12.0. The molecule has 0 aliphatic rings. The summed E-state index contributed by atoms with van der Waals surface area (Å²) in [6.07, 6.45) is 3.21. The number of thioether (sulfide) groups is 1. The second-order valence-corrected chi connectivity index (χ2v) is 5.39. The van der Waals surface area contributed by atoms with Crippen LogP contribution >= 0.6 is 11.8 Å². The first-order valence-electron chi connectivity index (χ1n) is 6.22. The fraction of sp³-hybridized carbons (Fsp3) is 0.833. The molecule has 6 heteroatoms. The molecule has 0 spiro atoms.